The number of nitrogens with two attached hydrogens (primary N) is 1. The molecule has 7 nitrogen and oxygen atoms in total. The largest absolute Gasteiger partial charge is 0.486 e. The maximum atomic E-state index is 13.3. The van der Waals surface area contributed by atoms with Crippen LogP contribution in [0.3, 0.4) is 0 Å². The number of carbonyl (C=O) groups excluding carboxylic acids is 1. The van der Waals surface area contributed by atoms with E-state index < -0.39 is 27.9 Å². The van der Waals surface area contributed by atoms with Crippen LogP contribution in [0.2, 0.25) is 0 Å². The number of hydrogen-bond donors (Lipinski definition) is 1. The number of ether oxygens (including phenoxy) is 2. The van der Waals surface area contributed by atoms with Crippen molar-refractivity contribution in [3.05, 3.63) is 84.2 Å². The van der Waals surface area contributed by atoms with Crippen molar-refractivity contribution in [1.29, 1.82) is 0 Å². The summed E-state index contributed by atoms with van der Waals surface area (Å²) in [5.41, 5.74) is 7.42. The Hall–Kier alpha value is -3.59. The van der Waals surface area contributed by atoms with E-state index in [-0.39, 0.29) is 30.9 Å². The quantitative estimate of drug-likeness (QED) is 0.416. The molecular weight excluding hydrogens is 447 g/mol. The molecule has 0 unspecified atom stereocenters. The van der Waals surface area contributed by atoms with Gasteiger partial charge in [-0.25, -0.2) is 12.8 Å². The van der Waals surface area contributed by atoms with Gasteiger partial charge in [-0.3, -0.25) is 9.10 Å². The minimum atomic E-state index is -4.01. The summed E-state index contributed by atoms with van der Waals surface area (Å²) >= 11 is 0. The fourth-order valence-electron chi connectivity index (χ4n) is 3.53. The van der Waals surface area contributed by atoms with E-state index in [1.54, 1.807) is 12.1 Å². The summed E-state index contributed by atoms with van der Waals surface area (Å²) in [5, 5.41) is 0. The van der Waals surface area contributed by atoms with Gasteiger partial charge in [0.15, 0.2) is 0 Å². The zero-order chi connectivity index (χ0) is 23.4. The number of nitrogen functional groups attached to an aromatic ring is 1. The van der Waals surface area contributed by atoms with Gasteiger partial charge in [-0.05, 0) is 54.4 Å². The van der Waals surface area contributed by atoms with E-state index in [1.807, 2.05) is 30.3 Å². The Morgan fingerprint density at radius 1 is 1.09 bits per heavy atom. The Morgan fingerprint density at radius 2 is 1.82 bits per heavy atom. The van der Waals surface area contributed by atoms with E-state index in [1.165, 1.54) is 22.5 Å². The molecule has 1 aliphatic rings. The lowest BCUT2D eigenvalue weighted by molar-refractivity contribution is -0.145. The normalized spacial score (nSPS) is 15.4. The highest BCUT2D eigenvalue weighted by Gasteiger charge is 2.35. The number of fused-ring (bicyclic) bond motifs is 1. The Bertz CT molecular complexity index is 1230. The van der Waals surface area contributed by atoms with Crippen LogP contribution in [-0.4, -0.2) is 27.0 Å². The molecule has 0 bridgehead atoms. The predicted molar refractivity (Wildman–Crippen MR) is 122 cm³/mol. The molecule has 0 aliphatic carbocycles. The average Bonchev–Trinajstić information content (AvgIpc) is 2.82. The van der Waals surface area contributed by atoms with Crippen LogP contribution < -0.4 is 14.8 Å². The molecule has 172 valence electrons. The van der Waals surface area contributed by atoms with Gasteiger partial charge in [-0.15, -0.1) is 0 Å². The molecule has 0 spiro atoms. The minimum Gasteiger partial charge on any atom is -0.486 e. The summed E-state index contributed by atoms with van der Waals surface area (Å²) in [6.45, 7) is 0.139. The maximum Gasteiger partial charge on any atom is 0.306 e. The lowest BCUT2D eigenvalue weighted by Gasteiger charge is -2.35. The smallest absolute Gasteiger partial charge is 0.306 e. The fraction of sp³-hybridized carbons (Fsp3) is 0.208. The highest BCUT2D eigenvalue weighted by molar-refractivity contribution is 7.92. The molecule has 0 aromatic heterocycles. The lowest BCUT2D eigenvalue weighted by atomic mass is 10.1. The first-order chi connectivity index (χ1) is 15.8. The van der Waals surface area contributed by atoms with Gasteiger partial charge in [0.25, 0.3) is 10.0 Å². The molecule has 3 aromatic carbocycles. The third-order valence-electron chi connectivity index (χ3n) is 5.23. The van der Waals surface area contributed by atoms with E-state index in [0.717, 1.165) is 17.7 Å². The van der Waals surface area contributed by atoms with Crippen molar-refractivity contribution >= 4 is 27.4 Å². The molecule has 9 heteroatoms. The van der Waals surface area contributed by atoms with Crippen LogP contribution in [0.5, 0.6) is 5.75 Å². The average molecular weight is 471 g/mol. The summed E-state index contributed by atoms with van der Waals surface area (Å²) in [7, 11) is -4.01. The number of benzene rings is 3. The van der Waals surface area contributed by atoms with E-state index in [2.05, 4.69) is 0 Å². The number of anilines is 2. The van der Waals surface area contributed by atoms with Gasteiger partial charge in [-0.2, -0.15) is 0 Å². The van der Waals surface area contributed by atoms with Crippen molar-refractivity contribution in [2.45, 2.75) is 30.4 Å². The standard InChI is InChI=1S/C24H23FN2O5S/c25-18-6-10-21(11-7-18)33(29,30)27-15-20(32-23-12-8-19(26)14-22(23)27)9-13-24(28)31-16-17-4-2-1-3-5-17/h1-8,10-12,14,20H,9,13,15-16,26H2/t20-/m0/s1. The molecule has 0 amide bonds. The molecule has 1 aliphatic heterocycles. The highest BCUT2D eigenvalue weighted by Crippen LogP contribution is 2.39. The Balaban J connectivity index is 1.49. The zero-order valence-corrected chi connectivity index (χ0v) is 18.5. The minimum absolute atomic E-state index is 0.0257. The molecular formula is C24H23FN2O5S. The van der Waals surface area contributed by atoms with Crippen LogP contribution in [0.1, 0.15) is 18.4 Å². The summed E-state index contributed by atoms with van der Waals surface area (Å²) in [6.07, 6.45) is -0.264. The molecule has 0 radical (unpaired) electrons. The summed E-state index contributed by atoms with van der Waals surface area (Å²) in [6, 6.07) is 18.6. The molecule has 1 atom stereocenters. The molecule has 0 saturated heterocycles. The van der Waals surface area contributed by atoms with E-state index >= 15 is 0 Å². The SMILES string of the molecule is Nc1ccc2c(c1)N(S(=O)(=O)c1ccc(F)cc1)C[C@H](CCC(=O)OCc1ccccc1)O2. The second-order valence-electron chi connectivity index (χ2n) is 7.64. The summed E-state index contributed by atoms with van der Waals surface area (Å²) < 4.78 is 52.4. The van der Waals surface area contributed by atoms with Crippen LogP contribution in [-0.2, 0) is 26.2 Å². The molecule has 3 aromatic rings. The number of carbonyl (C=O) groups is 1. The second-order valence-corrected chi connectivity index (χ2v) is 9.50. The fourth-order valence-corrected chi connectivity index (χ4v) is 5.03. The van der Waals surface area contributed by atoms with Gasteiger partial charge in [0, 0.05) is 12.1 Å². The van der Waals surface area contributed by atoms with Crippen molar-refractivity contribution in [2.75, 3.05) is 16.6 Å². The number of esters is 1. The Kier molecular flexibility index (Phi) is 6.50. The van der Waals surface area contributed by atoms with E-state index in [9.17, 15) is 17.6 Å². The lowest BCUT2D eigenvalue weighted by Crippen LogP contribution is -2.43. The summed E-state index contributed by atoms with van der Waals surface area (Å²) in [4.78, 5) is 12.2. The molecule has 0 saturated carbocycles. The van der Waals surface area contributed by atoms with Crippen LogP contribution in [0.25, 0.3) is 0 Å². The second kappa shape index (κ2) is 9.50. The van der Waals surface area contributed by atoms with Gasteiger partial charge in [0.2, 0.25) is 0 Å². The van der Waals surface area contributed by atoms with Crippen LogP contribution in [0.15, 0.2) is 77.7 Å². The maximum absolute atomic E-state index is 13.3. The molecule has 2 N–H and O–H groups in total. The first kappa shape index (κ1) is 22.6. The van der Waals surface area contributed by atoms with Gasteiger partial charge in [-0.1, -0.05) is 30.3 Å². The van der Waals surface area contributed by atoms with Crippen molar-refractivity contribution in [3.8, 4) is 5.75 Å². The Labute approximate surface area is 191 Å². The zero-order valence-electron chi connectivity index (χ0n) is 17.7. The van der Waals surface area contributed by atoms with Crippen molar-refractivity contribution in [3.63, 3.8) is 0 Å². The highest BCUT2D eigenvalue weighted by atomic mass is 32.2. The first-order valence-corrected chi connectivity index (χ1v) is 11.8. The monoisotopic (exact) mass is 470 g/mol. The molecule has 33 heavy (non-hydrogen) atoms. The topological polar surface area (TPSA) is 98.9 Å². The third kappa shape index (κ3) is 5.25. The van der Waals surface area contributed by atoms with Gasteiger partial charge < -0.3 is 15.2 Å². The number of halogens is 1. The third-order valence-corrected chi connectivity index (χ3v) is 7.02. The van der Waals surface area contributed by atoms with Gasteiger partial charge in [0.05, 0.1) is 17.1 Å². The van der Waals surface area contributed by atoms with Crippen molar-refractivity contribution in [1.82, 2.24) is 0 Å². The molecule has 4 rings (SSSR count). The Morgan fingerprint density at radius 3 is 2.55 bits per heavy atom. The van der Waals surface area contributed by atoms with Crippen LogP contribution in [0.4, 0.5) is 15.8 Å². The predicted octanol–water partition coefficient (Wildman–Crippen LogP) is 3.89. The van der Waals surface area contributed by atoms with Gasteiger partial charge in [0.1, 0.15) is 24.3 Å². The van der Waals surface area contributed by atoms with Crippen LogP contribution in [0, 0.1) is 5.82 Å². The number of hydrogen-bond acceptors (Lipinski definition) is 6. The summed E-state index contributed by atoms with van der Waals surface area (Å²) in [5.74, 6) is -0.602. The molecule has 1 heterocycles. The number of nitrogens with zero attached hydrogens (tertiary/aromatic N) is 1. The van der Waals surface area contributed by atoms with Gasteiger partial charge >= 0.3 is 5.97 Å². The van der Waals surface area contributed by atoms with E-state index in [4.69, 9.17) is 15.2 Å². The van der Waals surface area contributed by atoms with E-state index in [0.29, 0.717) is 17.1 Å². The molecule has 0 fully saturated rings. The van der Waals surface area contributed by atoms with Crippen LogP contribution >= 0.6 is 0 Å². The van der Waals surface area contributed by atoms with Crippen molar-refractivity contribution in [2.24, 2.45) is 0 Å². The first-order valence-electron chi connectivity index (χ1n) is 10.4. The van der Waals surface area contributed by atoms with Crippen molar-refractivity contribution < 1.29 is 27.1 Å². The number of sulfonamides is 1. The number of rotatable bonds is 7.